The molecule has 6 heteroatoms. The molecule has 1 saturated carbocycles. The van der Waals surface area contributed by atoms with Crippen molar-refractivity contribution in [3.63, 3.8) is 0 Å². The molecule has 1 aliphatic carbocycles. The molecule has 1 aromatic rings. The van der Waals surface area contributed by atoms with Crippen molar-refractivity contribution in [3.05, 3.63) is 21.6 Å². The van der Waals surface area contributed by atoms with Crippen molar-refractivity contribution >= 4 is 17.3 Å². The van der Waals surface area contributed by atoms with E-state index in [1.165, 1.54) is 17.5 Å². The van der Waals surface area contributed by atoms with E-state index in [-0.39, 0.29) is 16.6 Å². The lowest BCUT2D eigenvalue weighted by molar-refractivity contribution is 0.535. The molecule has 0 saturated heterocycles. The Morgan fingerprint density at radius 3 is 2.85 bits per heavy atom. The van der Waals surface area contributed by atoms with Gasteiger partial charge in [0.2, 0.25) is 0 Å². The molecule has 1 unspecified atom stereocenters. The topological polar surface area (TPSA) is 64.2 Å². The molecule has 1 fully saturated rings. The summed E-state index contributed by atoms with van der Waals surface area (Å²) in [6, 6.07) is 0.236. The maximum absolute atomic E-state index is 12.2. The highest BCUT2D eigenvalue weighted by Gasteiger charge is 2.34. The van der Waals surface area contributed by atoms with Gasteiger partial charge in [-0.2, -0.15) is 5.10 Å². The number of rotatable bonds is 7. The van der Waals surface area contributed by atoms with E-state index in [0.29, 0.717) is 24.7 Å². The third kappa shape index (κ3) is 3.15. The third-order valence-corrected chi connectivity index (χ3v) is 4.33. The summed E-state index contributed by atoms with van der Waals surface area (Å²) in [5.74, 6) is 0.614. The van der Waals surface area contributed by atoms with Crippen LogP contribution >= 0.6 is 11.6 Å². The number of nitrogens with two attached hydrogens (primary N) is 1. The quantitative estimate of drug-likeness (QED) is 0.835. The first-order valence-electron chi connectivity index (χ1n) is 7.28. The first kappa shape index (κ1) is 15.3. The summed E-state index contributed by atoms with van der Waals surface area (Å²) >= 11 is 6.24. The Hall–Kier alpha value is -1.07. The summed E-state index contributed by atoms with van der Waals surface area (Å²) in [6.45, 7) is 3.26. The predicted octanol–water partition coefficient (Wildman–Crippen LogP) is 1.87. The van der Waals surface area contributed by atoms with Crippen LogP contribution in [0.25, 0.3) is 0 Å². The average molecular weight is 299 g/mol. The minimum atomic E-state index is -0.212. The van der Waals surface area contributed by atoms with E-state index in [4.69, 9.17) is 17.3 Å². The molecule has 0 bridgehead atoms. The number of unbranched alkanes of at least 4 members (excludes halogenated alkanes) is 1. The summed E-state index contributed by atoms with van der Waals surface area (Å²) in [6.07, 6.45) is 6.02. The number of anilines is 1. The first-order valence-corrected chi connectivity index (χ1v) is 7.66. The molecular formula is C14H23ClN4O. The van der Waals surface area contributed by atoms with E-state index < -0.39 is 0 Å². The number of nitrogens with zero attached hydrogens (tertiary/aromatic N) is 3. The number of hydrogen-bond acceptors (Lipinski definition) is 4. The van der Waals surface area contributed by atoms with Crippen LogP contribution in [0.4, 0.5) is 5.69 Å². The van der Waals surface area contributed by atoms with Crippen molar-refractivity contribution in [3.8, 4) is 0 Å². The molecule has 1 heterocycles. The number of likely N-dealkylation sites (N-methyl/N-ethyl adjacent to an activating group) is 1. The van der Waals surface area contributed by atoms with Crippen molar-refractivity contribution in [2.24, 2.45) is 11.7 Å². The molecule has 112 valence electrons. The molecule has 2 rings (SSSR count). The Labute approximate surface area is 124 Å². The van der Waals surface area contributed by atoms with Crippen LogP contribution in [0, 0.1) is 5.92 Å². The zero-order valence-corrected chi connectivity index (χ0v) is 12.9. The zero-order valence-electron chi connectivity index (χ0n) is 12.2. The maximum atomic E-state index is 12.2. The highest BCUT2D eigenvalue weighted by atomic mass is 35.5. The van der Waals surface area contributed by atoms with E-state index in [9.17, 15) is 4.79 Å². The fourth-order valence-electron chi connectivity index (χ4n) is 2.50. The van der Waals surface area contributed by atoms with Gasteiger partial charge in [-0.15, -0.1) is 0 Å². The molecule has 0 aromatic carbocycles. The van der Waals surface area contributed by atoms with Crippen LogP contribution in [-0.2, 0) is 6.54 Å². The van der Waals surface area contributed by atoms with E-state index in [0.717, 1.165) is 12.8 Å². The van der Waals surface area contributed by atoms with E-state index >= 15 is 0 Å². The van der Waals surface area contributed by atoms with Crippen molar-refractivity contribution < 1.29 is 0 Å². The van der Waals surface area contributed by atoms with Gasteiger partial charge in [0.15, 0.2) is 0 Å². The normalized spacial score (nSPS) is 16.2. The minimum Gasteiger partial charge on any atom is -0.367 e. The van der Waals surface area contributed by atoms with Gasteiger partial charge in [-0.25, -0.2) is 4.68 Å². The third-order valence-electron chi connectivity index (χ3n) is 3.98. The van der Waals surface area contributed by atoms with Crippen LogP contribution in [0.3, 0.4) is 0 Å². The Bertz CT molecular complexity index is 512. The lowest BCUT2D eigenvalue weighted by Crippen LogP contribution is -2.41. The summed E-state index contributed by atoms with van der Waals surface area (Å²) in [4.78, 5) is 14.2. The number of halogens is 1. The molecule has 0 radical (unpaired) electrons. The average Bonchev–Trinajstić information content (AvgIpc) is 3.26. The molecule has 20 heavy (non-hydrogen) atoms. The van der Waals surface area contributed by atoms with Gasteiger partial charge in [0, 0.05) is 26.2 Å². The second-order valence-corrected chi connectivity index (χ2v) is 5.85. The minimum absolute atomic E-state index is 0.212. The van der Waals surface area contributed by atoms with Gasteiger partial charge >= 0.3 is 0 Å². The predicted molar refractivity (Wildman–Crippen MR) is 82.4 cm³/mol. The Balaban J connectivity index is 2.23. The largest absolute Gasteiger partial charge is 0.367 e. The summed E-state index contributed by atoms with van der Waals surface area (Å²) in [7, 11) is 1.94. The van der Waals surface area contributed by atoms with Crippen LogP contribution in [0.2, 0.25) is 5.02 Å². The van der Waals surface area contributed by atoms with Gasteiger partial charge in [-0.1, -0.05) is 24.9 Å². The second-order valence-electron chi connectivity index (χ2n) is 5.48. The van der Waals surface area contributed by atoms with Crippen molar-refractivity contribution in [1.29, 1.82) is 0 Å². The molecule has 0 spiro atoms. The molecule has 1 atom stereocenters. The SMILES string of the molecule is CCCCn1ncc(N(C)C(CN)C2CC2)c(Cl)c1=O. The molecule has 1 aliphatic rings. The van der Waals surface area contributed by atoms with Gasteiger partial charge in [0.25, 0.3) is 5.56 Å². The smallest absolute Gasteiger partial charge is 0.287 e. The fourth-order valence-corrected chi connectivity index (χ4v) is 2.78. The second kappa shape index (κ2) is 6.59. The molecule has 0 amide bonds. The van der Waals surface area contributed by atoms with E-state index in [1.807, 2.05) is 11.9 Å². The number of hydrogen-bond donors (Lipinski definition) is 1. The summed E-state index contributed by atoms with van der Waals surface area (Å²) < 4.78 is 1.44. The first-order chi connectivity index (χ1) is 9.60. The maximum Gasteiger partial charge on any atom is 0.287 e. The van der Waals surface area contributed by atoms with E-state index in [2.05, 4.69) is 12.0 Å². The highest BCUT2D eigenvalue weighted by Crippen LogP contribution is 2.36. The van der Waals surface area contributed by atoms with Crippen molar-refractivity contribution in [1.82, 2.24) is 9.78 Å². The van der Waals surface area contributed by atoms with Gasteiger partial charge < -0.3 is 10.6 Å². The summed E-state index contributed by atoms with van der Waals surface area (Å²) in [5, 5.41) is 4.48. The van der Waals surface area contributed by atoms with Crippen molar-refractivity contribution in [2.45, 2.75) is 45.2 Å². The molecular weight excluding hydrogens is 276 g/mol. The van der Waals surface area contributed by atoms with Crippen LogP contribution < -0.4 is 16.2 Å². The van der Waals surface area contributed by atoms with Crippen molar-refractivity contribution in [2.75, 3.05) is 18.5 Å². The standard InChI is InChI=1S/C14H23ClN4O/c1-3-4-7-19-14(20)13(15)12(9-17-19)18(2)11(8-16)10-5-6-10/h9-11H,3-8,16H2,1-2H3. The molecule has 5 nitrogen and oxygen atoms in total. The van der Waals surface area contributed by atoms with Crippen LogP contribution in [0.1, 0.15) is 32.6 Å². The van der Waals surface area contributed by atoms with Gasteiger partial charge in [0.05, 0.1) is 11.9 Å². The van der Waals surface area contributed by atoms with Gasteiger partial charge in [0.1, 0.15) is 5.02 Å². The Morgan fingerprint density at radius 2 is 2.30 bits per heavy atom. The molecule has 1 aromatic heterocycles. The molecule has 2 N–H and O–H groups in total. The molecule has 0 aliphatic heterocycles. The number of aryl methyl sites for hydroxylation is 1. The van der Waals surface area contributed by atoms with Crippen LogP contribution in [0.15, 0.2) is 11.0 Å². The zero-order chi connectivity index (χ0) is 14.7. The Kier molecular flexibility index (Phi) is 5.05. The highest BCUT2D eigenvalue weighted by molar-refractivity contribution is 6.33. The van der Waals surface area contributed by atoms with Gasteiger partial charge in [-0.05, 0) is 25.2 Å². The van der Waals surface area contributed by atoms with Crippen LogP contribution in [-0.4, -0.2) is 29.4 Å². The fraction of sp³-hybridized carbons (Fsp3) is 0.714. The number of aromatic nitrogens is 2. The van der Waals surface area contributed by atoms with Crippen LogP contribution in [0.5, 0.6) is 0 Å². The lowest BCUT2D eigenvalue weighted by Gasteiger charge is -2.29. The summed E-state index contributed by atoms with van der Waals surface area (Å²) in [5.41, 5.74) is 6.32. The lowest BCUT2D eigenvalue weighted by atomic mass is 10.1. The van der Waals surface area contributed by atoms with E-state index in [1.54, 1.807) is 6.20 Å². The monoisotopic (exact) mass is 298 g/mol. The Morgan fingerprint density at radius 1 is 1.60 bits per heavy atom. The van der Waals surface area contributed by atoms with Gasteiger partial charge in [-0.3, -0.25) is 4.79 Å².